The number of halogens is 4. The number of fused-ring (bicyclic) bond motifs is 14. The zero-order valence-corrected chi connectivity index (χ0v) is 57.8. The Balaban J connectivity index is 0.000000197. The SMILES string of the molecule is CC(=O)[C@]12CC[C@@H](C)[C@H](C)[C@H]1C1=CC[C@@H]3[C@@]4(C)C[C@@H](O)[C@H](O)C(C)(C)C4CC[C@@]3(C)[C@]1(C)CC2.C[C@H]1[C@H](C)CC[C@]2(C(=O)O)CC[C@]3(C)C(=CC[C@@H]4[C@@]5(C)C[C@@H](O)[C@H](O)C(C)(C)C5CC[C@]43C)[C@H]12.I.[I][V]([I])[I]. The summed E-state index contributed by atoms with van der Waals surface area (Å²) in [6, 6.07) is 0. The molecule has 12 heteroatoms. The quantitative estimate of drug-likeness (QED) is 0.137. The molecular formula is C61H99I4O7V. The molecule has 10 aliphatic rings. The fourth-order valence-corrected chi connectivity index (χ4v) is 22.2. The number of ketones is 1. The number of allylic oxidation sites excluding steroid dienone is 4. The number of Topliss-reactive ketones (excluding diaryl/α,β-unsaturated/α-hetero) is 1. The van der Waals surface area contributed by atoms with Crippen LogP contribution in [0.25, 0.3) is 0 Å². The minimum atomic E-state index is -0.679. The first-order chi connectivity index (χ1) is 33.1. The van der Waals surface area contributed by atoms with E-state index in [1.54, 1.807) is 5.57 Å². The topological polar surface area (TPSA) is 135 Å². The molecule has 0 aliphatic heterocycles. The molecule has 7 nitrogen and oxygen atoms in total. The molecule has 5 N–H and O–H groups in total. The molecule has 8 fully saturated rings. The Bertz CT molecular complexity index is 2030. The molecule has 10 rings (SSSR count). The Kier molecular flexibility index (Phi) is 18.0. The van der Waals surface area contributed by atoms with Crippen molar-refractivity contribution in [3.63, 3.8) is 0 Å². The van der Waals surface area contributed by atoms with E-state index in [1.165, 1.54) is 18.4 Å². The molecule has 0 aromatic rings. The minimum absolute atomic E-state index is 0. The Morgan fingerprint density at radius 2 is 0.877 bits per heavy atom. The van der Waals surface area contributed by atoms with E-state index in [9.17, 15) is 35.1 Å². The predicted octanol–water partition coefficient (Wildman–Crippen LogP) is 15.9. The van der Waals surface area contributed by atoms with Crippen molar-refractivity contribution in [1.29, 1.82) is 0 Å². The van der Waals surface area contributed by atoms with Crippen LogP contribution in [0.3, 0.4) is 0 Å². The molecule has 73 heavy (non-hydrogen) atoms. The first-order valence-corrected chi connectivity index (χ1v) is 42.2. The van der Waals surface area contributed by atoms with Crippen LogP contribution in [0.2, 0.25) is 0 Å². The van der Waals surface area contributed by atoms with Gasteiger partial charge < -0.3 is 25.5 Å². The van der Waals surface area contributed by atoms with E-state index in [1.807, 2.05) is 6.92 Å². The van der Waals surface area contributed by atoms with Crippen molar-refractivity contribution in [3.05, 3.63) is 23.3 Å². The van der Waals surface area contributed by atoms with Crippen LogP contribution in [0, 0.1) is 113 Å². The molecule has 2 unspecified atom stereocenters. The van der Waals surface area contributed by atoms with Gasteiger partial charge in [0, 0.05) is 5.41 Å². The molecule has 10 aliphatic carbocycles. The van der Waals surface area contributed by atoms with E-state index in [-0.39, 0.29) is 83.6 Å². The Morgan fingerprint density at radius 1 is 0.534 bits per heavy atom. The molecule has 0 bridgehead atoms. The first kappa shape index (κ1) is 62.6. The molecule has 0 radical (unpaired) electrons. The Morgan fingerprint density at radius 3 is 1.23 bits per heavy atom. The summed E-state index contributed by atoms with van der Waals surface area (Å²) in [6.45, 7) is 34.9. The van der Waals surface area contributed by atoms with Gasteiger partial charge >= 0.3 is 70.8 Å². The molecule has 0 amide bonds. The number of aliphatic hydroxyl groups excluding tert-OH is 4. The molecular weight excluding hydrogens is 1400 g/mol. The number of hydrogen-bond donors (Lipinski definition) is 5. The Labute approximate surface area is 497 Å². The van der Waals surface area contributed by atoms with Gasteiger partial charge in [0.25, 0.3) is 0 Å². The van der Waals surface area contributed by atoms with E-state index in [2.05, 4.69) is 169 Å². The van der Waals surface area contributed by atoms with Crippen LogP contribution in [-0.4, -0.2) is 61.7 Å². The third-order valence-electron chi connectivity index (χ3n) is 27.0. The van der Waals surface area contributed by atoms with E-state index >= 15 is 0 Å². The number of hydrogen-bond acceptors (Lipinski definition) is 6. The monoisotopic (exact) mass is 1500 g/mol. The fourth-order valence-electron chi connectivity index (χ4n) is 22.2. The van der Waals surface area contributed by atoms with Crippen LogP contribution in [0.4, 0.5) is 0 Å². The number of aliphatic carboxylic acids is 1. The summed E-state index contributed by atoms with van der Waals surface area (Å²) in [5.41, 5.74) is 2.03. The molecule has 0 spiro atoms. The van der Waals surface area contributed by atoms with Crippen LogP contribution in [0.5, 0.6) is 0 Å². The predicted molar refractivity (Wildman–Crippen MR) is 329 cm³/mol. The third kappa shape index (κ3) is 9.03. The van der Waals surface area contributed by atoms with Crippen molar-refractivity contribution < 1.29 is 40.0 Å². The number of aliphatic hydroxyl groups is 4. The summed E-state index contributed by atoms with van der Waals surface area (Å²) in [5, 5.41) is 54.3. The van der Waals surface area contributed by atoms with Gasteiger partial charge in [0.1, 0.15) is 5.78 Å². The zero-order chi connectivity index (χ0) is 53.7. The van der Waals surface area contributed by atoms with Crippen molar-refractivity contribution in [2.45, 2.75) is 231 Å². The van der Waals surface area contributed by atoms with Crippen molar-refractivity contribution in [2.24, 2.45) is 113 Å². The average Bonchev–Trinajstić information content (AvgIpc) is 3.27. The number of carboxylic acids is 1. The molecule has 418 valence electrons. The van der Waals surface area contributed by atoms with Gasteiger partial charge in [0.15, 0.2) is 0 Å². The second-order valence-electron chi connectivity index (χ2n) is 29.7. The van der Waals surface area contributed by atoms with Crippen LogP contribution >= 0.6 is 83.9 Å². The van der Waals surface area contributed by atoms with Gasteiger partial charge in [0.05, 0.1) is 29.8 Å². The van der Waals surface area contributed by atoms with Gasteiger partial charge in [0.2, 0.25) is 0 Å². The second kappa shape index (κ2) is 21.0. The number of carbonyl (C=O) groups is 2. The van der Waals surface area contributed by atoms with E-state index in [0.29, 0.717) is 71.9 Å². The van der Waals surface area contributed by atoms with E-state index in [4.69, 9.17) is 0 Å². The second-order valence-corrected chi connectivity index (χ2v) is 65.1. The van der Waals surface area contributed by atoms with Crippen LogP contribution < -0.4 is 0 Å². The van der Waals surface area contributed by atoms with Gasteiger partial charge in [-0.25, -0.2) is 0 Å². The van der Waals surface area contributed by atoms with E-state index < -0.39 is 35.8 Å². The number of carboxylic acid groups (broad SMARTS) is 1. The van der Waals surface area contributed by atoms with Gasteiger partial charge in [-0.2, -0.15) is 0 Å². The zero-order valence-electron chi connectivity index (χ0n) is 47.6. The first-order valence-electron chi connectivity index (χ1n) is 28.7. The molecule has 0 aromatic heterocycles. The van der Waals surface area contributed by atoms with Crippen LogP contribution in [0.1, 0.15) is 207 Å². The van der Waals surface area contributed by atoms with Gasteiger partial charge in [-0.15, -0.1) is 24.0 Å². The molecule has 0 saturated heterocycles. The summed E-state index contributed by atoms with van der Waals surface area (Å²) in [5.74, 6) is 4.23. The molecule has 8 saturated carbocycles. The molecule has 22 atom stereocenters. The average molecular weight is 1500 g/mol. The number of carbonyl (C=O) groups excluding carboxylic acids is 1. The van der Waals surface area contributed by atoms with Crippen LogP contribution in [0.15, 0.2) is 23.3 Å². The normalized spacial score (nSPS) is 52.9. The standard InChI is InChI=1S/C31H50O3.C30H48O4.4HI.V/c1-18-11-14-31(20(3)32)16-15-29(7)21(25(31)19(18)2)9-10-24-28(6)17-22(33)26(34)27(4,5)23(28)12-13-30(24,29)8;1-17-10-13-30(25(33)34)15-14-28(6)19(23(30)18(17)2)8-9-22-27(5)16-20(31)24(32)26(3,4)21(27)11-12-29(22,28)7;;;;;/h9,18-19,22-26,33-34H,10-17H2,1-8H3;8,17-18,20-24,31-32H,9-16H2,1-7H3,(H,33,34);4*1H;/q;;;;;;+3/p-3/t18-,19+,22-,23?,24-,25+,26+,28+,29-,30-,31-;17-,18+,20-,21?,22-,23+,24+,27+,28-,29-,30+;;;;;/m11...../s1. The van der Waals surface area contributed by atoms with Gasteiger partial charge in [-0.1, -0.05) is 120 Å². The fraction of sp³-hybridized carbons (Fsp3) is 0.902. The summed E-state index contributed by atoms with van der Waals surface area (Å²) < 4.78 is 0. The van der Waals surface area contributed by atoms with Gasteiger partial charge in [-0.3, -0.25) is 9.59 Å². The third-order valence-corrected chi connectivity index (χ3v) is 27.0. The maximum absolute atomic E-state index is 13.2. The summed E-state index contributed by atoms with van der Waals surface area (Å²) >= 11 is 7.39. The summed E-state index contributed by atoms with van der Waals surface area (Å²) in [4.78, 5) is 25.8. The van der Waals surface area contributed by atoms with Gasteiger partial charge in [-0.05, 0) is 212 Å². The van der Waals surface area contributed by atoms with Crippen molar-refractivity contribution in [3.8, 4) is 0 Å². The maximum atomic E-state index is 13.2. The molecule has 0 heterocycles. The number of rotatable bonds is 2. The Hall–Kier alpha value is 1.96. The summed E-state index contributed by atoms with van der Waals surface area (Å²) in [6.07, 6.45) is 18.3. The summed E-state index contributed by atoms with van der Waals surface area (Å²) in [7, 11) is 0. The van der Waals surface area contributed by atoms with Crippen molar-refractivity contribution in [1.82, 2.24) is 0 Å². The van der Waals surface area contributed by atoms with Crippen molar-refractivity contribution >= 4 is 95.7 Å². The van der Waals surface area contributed by atoms with Crippen LogP contribution in [-0.2, 0) is 14.5 Å². The molecule has 0 aromatic carbocycles. The van der Waals surface area contributed by atoms with Crippen molar-refractivity contribution in [2.75, 3.05) is 0 Å². The van der Waals surface area contributed by atoms with E-state index in [0.717, 1.165) is 77.0 Å².